The molecule has 0 bridgehead atoms. The van der Waals surface area contributed by atoms with E-state index in [1.807, 2.05) is 105 Å². The lowest BCUT2D eigenvalue weighted by atomic mass is 10.1. The Hall–Kier alpha value is -15.2. The van der Waals surface area contributed by atoms with E-state index in [0.29, 0.717) is 101 Å². The number of nitrogens with zero attached hydrogens (tertiary/aromatic N) is 19. The van der Waals surface area contributed by atoms with Gasteiger partial charge >= 0.3 is 6.03 Å². The number of carbonyl (C=O) groups is 3. The number of hydrogen-bond acceptors (Lipinski definition) is 22. The summed E-state index contributed by atoms with van der Waals surface area (Å²) in [6, 6.07) is 28.7. The van der Waals surface area contributed by atoms with Crippen molar-refractivity contribution in [3.05, 3.63) is 203 Å². The van der Waals surface area contributed by atoms with Crippen LogP contribution in [-0.4, -0.2) is 169 Å². The lowest BCUT2D eigenvalue weighted by Crippen LogP contribution is -2.43. The first-order chi connectivity index (χ1) is 55.0. The predicted octanol–water partition coefficient (Wildman–Crippen LogP) is 13.3. The third-order valence-electron chi connectivity index (χ3n) is 18.8. The maximum Gasteiger partial charge on any atom is 0.322 e. The highest BCUT2D eigenvalue weighted by molar-refractivity contribution is 6.01. The molecule has 548 valence electrons. The van der Waals surface area contributed by atoms with Crippen molar-refractivity contribution in [2.24, 2.45) is 11.8 Å². The molecule has 1 saturated carbocycles. The molecule has 0 spiro atoms. The number of rotatable bonds is 15. The van der Waals surface area contributed by atoms with E-state index in [9.17, 15) is 14.4 Å². The van der Waals surface area contributed by atoms with Gasteiger partial charge in [0.15, 0.2) is 34.4 Å². The Balaban J connectivity index is 0.000000117. The lowest BCUT2D eigenvalue weighted by Gasteiger charge is -2.26. The van der Waals surface area contributed by atoms with Gasteiger partial charge in [0.2, 0.25) is 11.8 Å². The summed E-state index contributed by atoms with van der Waals surface area (Å²) in [6.07, 6.45) is 33.5. The number of anilines is 3. The van der Waals surface area contributed by atoms with Crippen LogP contribution in [-0.2, 0) is 14.3 Å². The van der Waals surface area contributed by atoms with Crippen LogP contribution in [0.5, 0.6) is 0 Å². The smallest absolute Gasteiger partial charge is 0.322 e. The summed E-state index contributed by atoms with van der Waals surface area (Å²) in [7, 11) is 0. The second kappa shape index (κ2) is 29.9. The molecule has 4 amide bonds. The van der Waals surface area contributed by atoms with Crippen LogP contribution >= 0.6 is 0 Å². The highest BCUT2D eigenvalue weighted by atomic mass is 16.5. The quantitative estimate of drug-likeness (QED) is 0.0460. The van der Waals surface area contributed by atoms with Crippen molar-refractivity contribution in [3.8, 4) is 102 Å². The van der Waals surface area contributed by atoms with Crippen molar-refractivity contribution in [2.75, 3.05) is 42.3 Å². The number of carbonyl (C=O) groups excluding carboxylic acids is 3. The number of aromatic nitrogens is 24. The minimum absolute atomic E-state index is 0.0379. The molecule has 32 nitrogen and oxygen atoms in total. The molecule has 0 atom stereocenters. The summed E-state index contributed by atoms with van der Waals surface area (Å²) in [5, 5.41) is 33.5. The molecule has 2 aliphatic rings. The molecule has 1 saturated heterocycles. The molecule has 112 heavy (non-hydrogen) atoms. The summed E-state index contributed by atoms with van der Waals surface area (Å²) in [6.45, 7) is 6.21. The topological polar surface area (TPSA) is 427 Å². The van der Waals surface area contributed by atoms with Crippen molar-refractivity contribution in [1.82, 2.24) is 125 Å². The van der Waals surface area contributed by atoms with Gasteiger partial charge in [-0.05, 0) is 91.6 Å². The number of fused-ring (bicyclic) bond motifs is 6. The second-order valence-electron chi connectivity index (χ2n) is 27.1. The van der Waals surface area contributed by atoms with Crippen LogP contribution in [0.1, 0.15) is 33.1 Å². The summed E-state index contributed by atoms with van der Waals surface area (Å²) in [4.78, 5) is 116. The van der Waals surface area contributed by atoms with Crippen molar-refractivity contribution >= 4 is 101 Å². The highest BCUT2D eigenvalue weighted by Crippen LogP contribution is 2.38. The molecule has 0 aromatic carbocycles. The molecule has 1 aliphatic heterocycles. The van der Waals surface area contributed by atoms with Crippen LogP contribution < -0.4 is 16.0 Å². The first-order valence-corrected chi connectivity index (χ1v) is 35.9. The maximum atomic E-state index is 12.6. The van der Waals surface area contributed by atoms with E-state index < -0.39 is 0 Å². The monoisotopic (exact) mass is 1480 g/mol. The van der Waals surface area contributed by atoms with Gasteiger partial charge in [0.05, 0.1) is 117 Å². The molecule has 19 heterocycles. The van der Waals surface area contributed by atoms with E-state index in [1.54, 1.807) is 116 Å². The fourth-order valence-electron chi connectivity index (χ4n) is 13.1. The van der Waals surface area contributed by atoms with Gasteiger partial charge in [-0.25, -0.2) is 34.7 Å². The Morgan fingerprint density at radius 1 is 0.438 bits per heavy atom. The molecule has 0 radical (unpaired) electrons. The molecular weight excluding hydrogens is 1420 g/mol. The Labute approximate surface area is 633 Å². The number of aromatic amines is 6. The van der Waals surface area contributed by atoms with Gasteiger partial charge in [-0.3, -0.25) is 69.7 Å². The van der Waals surface area contributed by atoms with E-state index in [4.69, 9.17) is 19.7 Å². The predicted molar refractivity (Wildman–Crippen MR) is 421 cm³/mol. The Kier molecular flexibility index (Phi) is 18.3. The van der Waals surface area contributed by atoms with E-state index in [-0.39, 0.29) is 29.7 Å². The average molecular weight is 1480 g/mol. The first-order valence-electron chi connectivity index (χ1n) is 35.9. The molecule has 1 aliphatic carbocycles. The van der Waals surface area contributed by atoms with Crippen LogP contribution in [0.15, 0.2) is 203 Å². The zero-order valence-corrected chi connectivity index (χ0v) is 59.8. The van der Waals surface area contributed by atoms with E-state index in [2.05, 4.69) is 121 Å². The number of ether oxygens (including phenoxy) is 1. The number of morpholine rings is 1. The van der Waals surface area contributed by atoms with Crippen molar-refractivity contribution in [1.29, 1.82) is 0 Å². The van der Waals surface area contributed by atoms with Gasteiger partial charge in [-0.2, -0.15) is 15.3 Å². The second-order valence-corrected chi connectivity index (χ2v) is 27.1. The number of hydrogen-bond donors (Lipinski definition) is 9. The van der Waals surface area contributed by atoms with E-state index in [0.717, 1.165) is 129 Å². The molecule has 18 aromatic rings. The molecule has 9 N–H and O–H groups in total. The largest absolute Gasteiger partial charge is 0.378 e. The summed E-state index contributed by atoms with van der Waals surface area (Å²) < 4.78 is 5.33. The molecule has 2 fully saturated rings. The van der Waals surface area contributed by atoms with Crippen LogP contribution in [0, 0.1) is 11.8 Å². The molecule has 20 rings (SSSR count). The Bertz CT molecular complexity index is 6550. The summed E-state index contributed by atoms with van der Waals surface area (Å²) >= 11 is 0. The zero-order chi connectivity index (χ0) is 75.6. The fourth-order valence-corrected chi connectivity index (χ4v) is 13.1. The van der Waals surface area contributed by atoms with Gasteiger partial charge in [0.1, 0.15) is 33.6 Å². The molecule has 32 heteroatoms. The number of nitrogens with one attached hydrogen (secondary N) is 9. The number of urea groups is 1. The maximum absolute atomic E-state index is 12.6. The standard InChI is InChI=1S/C27H22N10O2.C27H23N9O.C26H19N9O/c38-27(37-5-7-39-8-6-37)32-18-9-16(11-28-13-18)17-10-19-24(35-36-25(19)31-12-17)26-33-22-15-29-14-20(23(22)34-26)21-3-1-2-4-30-21;1-15(2)7-23(37)32-18-8-16(10-28-12-18)17-9-19-25(35-36-26(19)31-11-17)27-33-22-14-29-13-20(24(22)34-27)21-5-3-4-6-30-21;36-26(14-4-5-14)31-17-7-15(9-27-11-17)16-8-18-23(34-35-24(18)30-10-16)25-32-21-13-28-12-19(22(21)33-25)20-3-1-2-6-29-20/h1-4,9-15H,5-8H2,(H,32,38)(H,33,34)(H,31,35,36);3-6,8-15H,7H2,1-2H3,(H,32,37)(H,33,34)(H,31,35,36);1-3,6-14H,4-5H2,(H,31,36)(H,32,33)(H,30,34,35). The van der Waals surface area contributed by atoms with Gasteiger partial charge in [-0.15, -0.1) is 0 Å². The van der Waals surface area contributed by atoms with E-state index in [1.165, 1.54) is 0 Å². The highest BCUT2D eigenvalue weighted by Gasteiger charge is 2.30. The van der Waals surface area contributed by atoms with Gasteiger partial charge < -0.3 is 40.5 Å². The number of amides is 4. The fraction of sp³-hybridized carbons (Fsp3) is 0.138. The normalized spacial score (nSPS) is 12.8. The van der Waals surface area contributed by atoms with Crippen LogP contribution in [0.2, 0.25) is 0 Å². The summed E-state index contributed by atoms with van der Waals surface area (Å²) in [5.41, 5.74) is 20.3. The van der Waals surface area contributed by atoms with Crippen molar-refractivity contribution < 1.29 is 19.1 Å². The van der Waals surface area contributed by atoms with Crippen molar-refractivity contribution in [2.45, 2.75) is 33.1 Å². The third-order valence-corrected chi connectivity index (χ3v) is 18.8. The minimum atomic E-state index is -0.174. The molecule has 18 aromatic heterocycles. The van der Waals surface area contributed by atoms with E-state index >= 15 is 0 Å². The van der Waals surface area contributed by atoms with Gasteiger partial charge in [0.25, 0.3) is 0 Å². The SMILES string of the molecule is CC(C)CC(=O)Nc1cncc(-c2cnc3n[nH]c(-c4nc5c(-c6ccccn6)cncc5[nH]4)c3c2)c1.O=C(Nc1cncc(-c2cnc3n[nH]c(-c4nc5c(-c6ccccn6)cncc5[nH]4)c3c2)c1)C1CC1.O=C(Nc1cncc(-c2cnc3n[nH]c(-c4nc5c(-c6ccccn6)cncc5[nH]4)c3c2)c1)N1CCOCC1. The molecule has 0 unspecified atom stereocenters. The summed E-state index contributed by atoms with van der Waals surface area (Å²) in [5.74, 6) is 2.26. The van der Waals surface area contributed by atoms with Crippen LogP contribution in [0.3, 0.4) is 0 Å². The Morgan fingerprint density at radius 3 is 1.19 bits per heavy atom. The molecular formula is C80H64N28O4. The first kappa shape index (κ1) is 68.6. The lowest BCUT2D eigenvalue weighted by molar-refractivity contribution is -0.117. The van der Waals surface area contributed by atoms with Crippen LogP contribution in [0.25, 0.3) is 168 Å². The van der Waals surface area contributed by atoms with Crippen molar-refractivity contribution in [3.63, 3.8) is 0 Å². The number of pyridine rings is 12. The minimum Gasteiger partial charge on any atom is -0.378 e. The number of H-pyrrole nitrogens is 6. The average Bonchev–Trinajstić information content (AvgIpc) is 1.63. The number of imidazole rings is 3. The van der Waals surface area contributed by atoms with Crippen LogP contribution in [0.4, 0.5) is 21.9 Å². The third kappa shape index (κ3) is 14.3. The Morgan fingerprint density at radius 2 is 0.812 bits per heavy atom. The van der Waals surface area contributed by atoms with Gasteiger partial charge in [-0.1, -0.05) is 32.0 Å². The van der Waals surface area contributed by atoms with Gasteiger partial charge in [0, 0.05) is 150 Å². The zero-order valence-electron chi connectivity index (χ0n) is 59.8.